The summed E-state index contributed by atoms with van der Waals surface area (Å²) < 4.78 is 12.8. The minimum absolute atomic E-state index is 0.0464. The summed E-state index contributed by atoms with van der Waals surface area (Å²) in [6.07, 6.45) is 6.45. The fraction of sp³-hybridized carbons (Fsp3) is 0.440. The van der Waals surface area contributed by atoms with Crippen molar-refractivity contribution in [1.29, 1.82) is 0 Å². The maximum absolute atomic E-state index is 12.6. The van der Waals surface area contributed by atoms with E-state index in [0.717, 1.165) is 28.4 Å². The van der Waals surface area contributed by atoms with Gasteiger partial charge in [-0.2, -0.15) is 5.10 Å². The molecule has 0 aromatic heterocycles. The Morgan fingerprint density at radius 1 is 1.19 bits per heavy atom. The summed E-state index contributed by atoms with van der Waals surface area (Å²) in [4.78, 5) is 12.6. The van der Waals surface area contributed by atoms with E-state index in [0.29, 0.717) is 30.6 Å². The number of hydrazone groups is 1. The van der Waals surface area contributed by atoms with Crippen LogP contribution in [0.15, 0.2) is 52.0 Å². The molecule has 3 atom stereocenters. The van der Waals surface area contributed by atoms with Gasteiger partial charge >= 0.3 is 0 Å². The second-order valence-electron chi connectivity index (χ2n) is 8.62. The molecular weight excluding hydrogens is 456 g/mol. The summed E-state index contributed by atoms with van der Waals surface area (Å²) in [5.41, 5.74) is 4.86. The van der Waals surface area contributed by atoms with Gasteiger partial charge in [0.25, 0.3) is 0 Å². The molecule has 2 fully saturated rings. The SMILES string of the molecule is CCOc1cc(/C=N\NC(=O)[C@@H]2[C@H]3CCCC[C@@]32C)ccc1OCc1ccc(Br)cc1. The van der Waals surface area contributed by atoms with Crippen molar-refractivity contribution in [2.24, 2.45) is 22.4 Å². The van der Waals surface area contributed by atoms with E-state index < -0.39 is 0 Å². The first-order valence-electron chi connectivity index (χ1n) is 11.0. The van der Waals surface area contributed by atoms with Crippen LogP contribution in [0.2, 0.25) is 0 Å². The lowest BCUT2D eigenvalue weighted by atomic mass is 9.90. The van der Waals surface area contributed by atoms with Gasteiger partial charge in [-0.15, -0.1) is 0 Å². The van der Waals surface area contributed by atoms with Crippen LogP contribution in [-0.4, -0.2) is 18.7 Å². The molecule has 1 amide bonds. The molecular formula is C25H29BrN2O3. The Kier molecular flexibility index (Phi) is 6.65. The number of rotatable bonds is 8. The Morgan fingerprint density at radius 2 is 2.00 bits per heavy atom. The van der Waals surface area contributed by atoms with E-state index in [4.69, 9.17) is 9.47 Å². The number of carbonyl (C=O) groups excluding carboxylic acids is 1. The topological polar surface area (TPSA) is 59.9 Å². The third-order valence-electron chi connectivity index (χ3n) is 6.58. The van der Waals surface area contributed by atoms with E-state index in [2.05, 4.69) is 33.4 Å². The number of benzene rings is 2. The first kappa shape index (κ1) is 21.9. The average molecular weight is 485 g/mol. The van der Waals surface area contributed by atoms with Crippen molar-refractivity contribution in [1.82, 2.24) is 5.43 Å². The summed E-state index contributed by atoms with van der Waals surface area (Å²) in [5, 5.41) is 4.20. The molecule has 2 aliphatic rings. The molecule has 0 radical (unpaired) electrons. The van der Waals surface area contributed by atoms with Crippen molar-refractivity contribution in [3.63, 3.8) is 0 Å². The lowest BCUT2D eigenvalue weighted by Gasteiger charge is -2.15. The van der Waals surface area contributed by atoms with Gasteiger partial charge in [0.15, 0.2) is 11.5 Å². The number of ether oxygens (including phenoxy) is 2. The van der Waals surface area contributed by atoms with Crippen molar-refractivity contribution in [3.05, 3.63) is 58.1 Å². The smallest absolute Gasteiger partial charge is 0.244 e. The summed E-state index contributed by atoms with van der Waals surface area (Å²) in [5.74, 6) is 2.03. The second-order valence-corrected chi connectivity index (χ2v) is 9.54. The van der Waals surface area contributed by atoms with Gasteiger partial charge in [-0.1, -0.05) is 47.8 Å². The zero-order valence-corrected chi connectivity index (χ0v) is 19.7. The Labute approximate surface area is 192 Å². The van der Waals surface area contributed by atoms with E-state index in [1.807, 2.05) is 49.4 Å². The number of amides is 1. The molecule has 2 saturated carbocycles. The lowest BCUT2D eigenvalue weighted by molar-refractivity contribution is -0.123. The van der Waals surface area contributed by atoms with E-state index in [9.17, 15) is 4.79 Å². The van der Waals surface area contributed by atoms with E-state index in [-0.39, 0.29) is 17.2 Å². The number of nitrogens with one attached hydrogen (secondary N) is 1. The average Bonchev–Trinajstić information content (AvgIpc) is 3.40. The van der Waals surface area contributed by atoms with Crippen molar-refractivity contribution in [3.8, 4) is 11.5 Å². The summed E-state index contributed by atoms with van der Waals surface area (Å²) >= 11 is 3.44. The Bertz CT molecular complexity index is 960. The molecule has 2 aliphatic carbocycles. The molecule has 5 nitrogen and oxygen atoms in total. The molecule has 0 spiro atoms. The quantitative estimate of drug-likeness (QED) is 0.385. The monoisotopic (exact) mass is 484 g/mol. The van der Waals surface area contributed by atoms with Crippen LogP contribution in [0.4, 0.5) is 0 Å². The Balaban J connectivity index is 1.36. The zero-order valence-electron chi connectivity index (χ0n) is 18.1. The van der Waals surface area contributed by atoms with E-state index in [1.165, 1.54) is 12.8 Å². The second kappa shape index (κ2) is 9.43. The van der Waals surface area contributed by atoms with Crippen LogP contribution >= 0.6 is 15.9 Å². The summed E-state index contributed by atoms with van der Waals surface area (Å²) in [6, 6.07) is 13.7. The third kappa shape index (κ3) is 4.95. The highest BCUT2D eigenvalue weighted by molar-refractivity contribution is 9.10. The zero-order chi connectivity index (χ0) is 21.8. The van der Waals surface area contributed by atoms with Crippen LogP contribution in [-0.2, 0) is 11.4 Å². The maximum Gasteiger partial charge on any atom is 0.244 e. The fourth-order valence-electron chi connectivity index (χ4n) is 4.82. The van der Waals surface area contributed by atoms with E-state index >= 15 is 0 Å². The molecule has 164 valence electrons. The molecule has 2 aromatic carbocycles. The van der Waals surface area contributed by atoms with Crippen LogP contribution in [0.3, 0.4) is 0 Å². The number of hydrogen-bond donors (Lipinski definition) is 1. The highest BCUT2D eigenvalue weighted by Crippen LogP contribution is 2.66. The summed E-state index contributed by atoms with van der Waals surface area (Å²) in [7, 11) is 0. The first-order chi connectivity index (χ1) is 15.0. The number of fused-ring (bicyclic) bond motifs is 1. The Hall–Kier alpha value is -2.34. The molecule has 0 unspecified atom stereocenters. The Morgan fingerprint density at radius 3 is 2.71 bits per heavy atom. The molecule has 0 saturated heterocycles. The first-order valence-corrected chi connectivity index (χ1v) is 11.8. The van der Waals surface area contributed by atoms with Gasteiger partial charge in [-0.25, -0.2) is 5.43 Å². The molecule has 31 heavy (non-hydrogen) atoms. The van der Waals surface area contributed by atoms with Gasteiger partial charge in [-0.3, -0.25) is 4.79 Å². The van der Waals surface area contributed by atoms with Crippen molar-refractivity contribution < 1.29 is 14.3 Å². The fourth-order valence-corrected chi connectivity index (χ4v) is 5.09. The van der Waals surface area contributed by atoms with Gasteiger partial charge < -0.3 is 9.47 Å². The van der Waals surface area contributed by atoms with Gasteiger partial charge in [0.1, 0.15) is 6.61 Å². The minimum Gasteiger partial charge on any atom is -0.490 e. The van der Waals surface area contributed by atoms with Crippen LogP contribution in [0.1, 0.15) is 50.7 Å². The summed E-state index contributed by atoms with van der Waals surface area (Å²) in [6.45, 7) is 5.17. The predicted octanol–water partition coefficient (Wildman–Crippen LogP) is 5.70. The number of halogens is 1. The standard InChI is InChI=1S/C25H29BrN2O3/c1-3-30-22-14-18(9-12-21(22)31-16-17-7-10-19(26)11-8-17)15-27-28-24(29)23-20-6-4-5-13-25(20,23)2/h7-12,14-15,20,23H,3-6,13,16H2,1-2H3,(H,28,29)/b27-15-/t20-,23+,25+/m1/s1. The largest absolute Gasteiger partial charge is 0.490 e. The number of nitrogens with zero attached hydrogens (tertiary/aromatic N) is 1. The molecule has 4 rings (SSSR count). The minimum atomic E-state index is 0.0464. The lowest BCUT2D eigenvalue weighted by Crippen LogP contribution is -2.22. The van der Waals surface area contributed by atoms with Crippen LogP contribution in [0.25, 0.3) is 0 Å². The van der Waals surface area contributed by atoms with Crippen molar-refractivity contribution in [2.75, 3.05) is 6.61 Å². The molecule has 0 heterocycles. The number of carbonyl (C=O) groups is 1. The van der Waals surface area contributed by atoms with Crippen LogP contribution < -0.4 is 14.9 Å². The molecule has 0 bridgehead atoms. The molecule has 0 aliphatic heterocycles. The van der Waals surface area contributed by atoms with E-state index in [1.54, 1.807) is 6.21 Å². The molecule has 6 heteroatoms. The van der Waals surface area contributed by atoms with Gasteiger partial charge in [0.2, 0.25) is 5.91 Å². The van der Waals surface area contributed by atoms with Crippen LogP contribution in [0, 0.1) is 17.3 Å². The van der Waals surface area contributed by atoms with Gasteiger partial charge in [-0.05, 0) is 72.6 Å². The molecule has 2 aromatic rings. The van der Waals surface area contributed by atoms with Crippen molar-refractivity contribution in [2.45, 2.75) is 46.1 Å². The van der Waals surface area contributed by atoms with Gasteiger partial charge in [0, 0.05) is 10.4 Å². The third-order valence-corrected chi connectivity index (χ3v) is 7.11. The maximum atomic E-state index is 12.6. The number of hydrogen-bond acceptors (Lipinski definition) is 4. The molecule has 1 N–H and O–H groups in total. The van der Waals surface area contributed by atoms with Crippen LogP contribution in [0.5, 0.6) is 11.5 Å². The van der Waals surface area contributed by atoms with Gasteiger partial charge in [0.05, 0.1) is 12.8 Å². The highest BCUT2D eigenvalue weighted by Gasteiger charge is 2.64. The highest BCUT2D eigenvalue weighted by atomic mass is 79.9. The van der Waals surface area contributed by atoms with Crippen molar-refractivity contribution >= 4 is 28.1 Å². The predicted molar refractivity (Wildman–Crippen MR) is 125 cm³/mol. The normalized spacial score (nSPS) is 24.5.